The summed E-state index contributed by atoms with van der Waals surface area (Å²) >= 11 is 0. The predicted octanol–water partition coefficient (Wildman–Crippen LogP) is 3.30. The van der Waals surface area contributed by atoms with Gasteiger partial charge in [0, 0.05) is 36.2 Å². The molecule has 0 aliphatic carbocycles. The van der Waals surface area contributed by atoms with Crippen molar-refractivity contribution in [1.29, 1.82) is 0 Å². The maximum absolute atomic E-state index is 14.7. The first-order chi connectivity index (χ1) is 15.8. The van der Waals surface area contributed by atoms with Crippen molar-refractivity contribution in [3.05, 3.63) is 88.3 Å². The van der Waals surface area contributed by atoms with E-state index >= 15 is 0 Å². The van der Waals surface area contributed by atoms with E-state index in [0.29, 0.717) is 24.5 Å². The summed E-state index contributed by atoms with van der Waals surface area (Å²) in [5, 5.41) is 3.03. The number of nitrogens with zero attached hydrogens (tertiary/aromatic N) is 2. The van der Waals surface area contributed by atoms with Crippen LogP contribution in [0.4, 0.5) is 4.39 Å². The van der Waals surface area contributed by atoms with E-state index in [0.717, 1.165) is 5.56 Å². The monoisotopic (exact) mass is 453 g/mol. The van der Waals surface area contributed by atoms with Gasteiger partial charge in [-0.25, -0.2) is 14.6 Å². The molecule has 8 heteroatoms. The fourth-order valence-corrected chi connectivity index (χ4v) is 3.92. The van der Waals surface area contributed by atoms with E-state index in [1.165, 1.54) is 19.4 Å². The zero-order valence-electron chi connectivity index (χ0n) is 19.2. The van der Waals surface area contributed by atoms with E-state index in [2.05, 4.69) is 10.3 Å². The quantitative estimate of drug-likeness (QED) is 0.485. The van der Waals surface area contributed by atoms with Crippen LogP contribution in [0, 0.1) is 5.95 Å². The lowest BCUT2D eigenvalue weighted by Crippen LogP contribution is -2.33. The van der Waals surface area contributed by atoms with Crippen molar-refractivity contribution in [3.8, 4) is 0 Å². The Morgan fingerprint density at radius 1 is 1.06 bits per heavy atom. The second kappa shape index (κ2) is 10.9. The Morgan fingerprint density at radius 2 is 1.73 bits per heavy atom. The van der Waals surface area contributed by atoms with Crippen molar-refractivity contribution in [2.75, 3.05) is 27.3 Å². The maximum Gasteiger partial charge on any atom is 0.336 e. The number of hydrogen-bond donors (Lipinski definition) is 1. The van der Waals surface area contributed by atoms with Crippen LogP contribution in [0.2, 0.25) is 0 Å². The first-order valence-corrected chi connectivity index (χ1v) is 10.6. The predicted molar refractivity (Wildman–Crippen MR) is 121 cm³/mol. The van der Waals surface area contributed by atoms with Gasteiger partial charge in [-0.2, -0.15) is 4.39 Å². The number of carbonyl (C=O) groups excluding carboxylic acids is 2. The van der Waals surface area contributed by atoms with Gasteiger partial charge in [0.25, 0.3) is 0 Å². The number of rotatable bonds is 8. The van der Waals surface area contributed by atoms with Gasteiger partial charge in [-0.05, 0) is 32.5 Å². The lowest BCUT2D eigenvalue weighted by molar-refractivity contribution is -0.139. The molecular weight excluding hydrogens is 425 g/mol. The lowest BCUT2D eigenvalue weighted by atomic mass is 9.81. The molecule has 7 nitrogen and oxygen atoms in total. The fraction of sp³-hybridized carbons (Fsp3) is 0.320. The van der Waals surface area contributed by atoms with Crippen molar-refractivity contribution in [1.82, 2.24) is 15.2 Å². The Kier molecular flexibility index (Phi) is 7.95. The summed E-state index contributed by atoms with van der Waals surface area (Å²) < 4.78 is 25.2. The van der Waals surface area contributed by atoms with E-state index in [1.54, 1.807) is 19.9 Å². The molecule has 0 saturated heterocycles. The van der Waals surface area contributed by atoms with Crippen LogP contribution in [0.1, 0.15) is 30.9 Å². The largest absolute Gasteiger partial charge is 0.466 e. The van der Waals surface area contributed by atoms with Gasteiger partial charge in [-0.1, -0.05) is 36.4 Å². The minimum atomic E-state index is -0.998. The van der Waals surface area contributed by atoms with Crippen molar-refractivity contribution in [2.24, 2.45) is 0 Å². The van der Waals surface area contributed by atoms with E-state index in [1.807, 2.05) is 42.3 Å². The molecule has 0 fully saturated rings. The molecule has 0 spiro atoms. The van der Waals surface area contributed by atoms with Gasteiger partial charge >= 0.3 is 11.9 Å². The molecular formula is C25H28FN3O4. The fourth-order valence-electron chi connectivity index (χ4n) is 3.92. The van der Waals surface area contributed by atoms with E-state index in [9.17, 15) is 14.0 Å². The minimum Gasteiger partial charge on any atom is -0.466 e. The van der Waals surface area contributed by atoms with Crippen LogP contribution in [-0.2, 0) is 25.6 Å². The molecule has 2 aromatic rings. The second-order valence-corrected chi connectivity index (χ2v) is 7.87. The first kappa shape index (κ1) is 24.1. The number of dihydropyridines is 1. The highest BCUT2D eigenvalue weighted by molar-refractivity contribution is 5.99. The van der Waals surface area contributed by atoms with Crippen LogP contribution in [0.15, 0.2) is 71.2 Å². The van der Waals surface area contributed by atoms with Gasteiger partial charge in [0.05, 0.1) is 24.2 Å². The molecule has 1 aliphatic heterocycles. The zero-order valence-corrected chi connectivity index (χ0v) is 19.2. The third-order valence-corrected chi connectivity index (χ3v) is 5.49. The third-order valence-electron chi connectivity index (χ3n) is 5.49. The second-order valence-electron chi connectivity index (χ2n) is 7.87. The Labute approximate surface area is 192 Å². The van der Waals surface area contributed by atoms with E-state index in [-0.39, 0.29) is 23.3 Å². The number of likely N-dealkylation sites (N-methyl/N-ethyl adjacent to an activating group) is 1. The number of allylic oxidation sites excluding steroid dienone is 2. The summed E-state index contributed by atoms with van der Waals surface area (Å²) in [5.41, 5.74) is 2.51. The Morgan fingerprint density at radius 3 is 2.36 bits per heavy atom. The molecule has 2 heterocycles. The molecule has 0 radical (unpaired) electrons. The summed E-state index contributed by atoms with van der Waals surface area (Å²) in [6.07, 6.45) is 1.31. The number of benzene rings is 1. The number of hydrogen-bond acceptors (Lipinski definition) is 7. The van der Waals surface area contributed by atoms with Gasteiger partial charge in [0.1, 0.15) is 6.61 Å². The zero-order chi connectivity index (χ0) is 24.0. The van der Waals surface area contributed by atoms with Gasteiger partial charge in [0.2, 0.25) is 5.95 Å². The highest BCUT2D eigenvalue weighted by atomic mass is 19.1. The molecule has 1 unspecified atom stereocenters. The summed E-state index contributed by atoms with van der Waals surface area (Å²) in [4.78, 5) is 31.5. The summed E-state index contributed by atoms with van der Waals surface area (Å²) in [7, 11) is 3.17. The number of aromatic nitrogens is 1. The Bertz CT molecular complexity index is 1080. The molecule has 3 rings (SSSR count). The molecule has 1 aromatic heterocycles. The number of nitrogens with one attached hydrogen (secondary N) is 1. The molecule has 174 valence electrons. The van der Waals surface area contributed by atoms with Gasteiger partial charge in [0.15, 0.2) is 0 Å². The SMILES string of the molecule is COC(=O)C1=C(C)NC(C)=C(C(=O)OCCN(C)Cc2ccccc2)C1c1cccnc1F. The van der Waals surface area contributed by atoms with E-state index in [4.69, 9.17) is 9.47 Å². The van der Waals surface area contributed by atoms with Crippen LogP contribution >= 0.6 is 0 Å². The standard InChI is InChI=1S/C25H28FN3O4/c1-16-20(24(30)32-4)22(19-11-8-12-27-23(19)26)21(17(2)28-16)25(31)33-14-13-29(3)15-18-9-6-5-7-10-18/h5-12,22,28H,13-15H2,1-4H3. The number of methoxy groups -OCH3 is 1. The highest BCUT2D eigenvalue weighted by Gasteiger charge is 2.39. The number of halogens is 1. The van der Waals surface area contributed by atoms with E-state index < -0.39 is 23.8 Å². The van der Waals surface area contributed by atoms with Crippen LogP contribution in [-0.4, -0.2) is 49.1 Å². The Balaban J connectivity index is 1.80. The van der Waals surface area contributed by atoms with Crippen LogP contribution in [0.25, 0.3) is 0 Å². The summed E-state index contributed by atoms with van der Waals surface area (Å²) in [6, 6.07) is 13.0. The molecule has 1 atom stereocenters. The van der Waals surface area contributed by atoms with Crippen LogP contribution < -0.4 is 5.32 Å². The molecule has 0 amide bonds. The average Bonchev–Trinajstić information content (AvgIpc) is 2.79. The maximum atomic E-state index is 14.7. The number of esters is 2. The first-order valence-electron chi connectivity index (χ1n) is 10.6. The van der Waals surface area contributed by atoms with Gasteiger partial charge < -0.3 is 14.8 Å². The van der Waals surface area contributed by atoms with Crippen LogP contribution in [0.5, 0.6) is 0 Å². The molecule has 1 aliphatic rings. The highest BCUT2D eigenvalue weighted by Crippen LogP contribution is 2.39. The molecule has 1 aromatic carbocycles. The average molecular weight is 454 g/mol. The minimum absolute atomic E-state index is 0.103. The number of pyridine rings is 1. The van der Waals surface area contributed by atoms with Crippen molar-refractivity contribution < 1.29 is 23.5 Å². The number of ether oxygens (including phenoxy) is 2. The lowest BCUT2D eigenvalue weighted by Gasteiger charge is -2.30. The normalized spacial score (nSPS) is 16.0. The summed E-state index contributed by atoms with van der Waals surface area (Å²) in [6.45, 7) is 4.72. The van der Waals surface area contributed by atoms with Crippen molar-refractivity contribution >= 4 is 11.9 Å². The Hall–Kier alpha value is -3.52. The van der Waals surface area contributed by atoms with Crippen LogP contribution in [0.3, 0.4) is 0 Å². The number of carbonyl (C=O) groups is 2. The molecule has 0 saturated carbocycles. The molecule has 33 heavy (non-hydrogen) atoms. The third kappa shape index (κ3) is 5.64. The van der Waals surface area contributed by atoms with Gasteiger partial charge in [-0.3, -0.25) is 4.90 Å². The molecule has 1 N–H and O–H groups in total. The van der Waals surface area contributed by atoms with Gasteiger partial charge in [-0.15, -0.1) is 0 Å². The topological polar surface area (TPSA) is 80.8 Å². The smallest absolute Gasteiger partial charge is 0.336 e. The van der Waals surface area contributed by atoms with Crippen molar-refractivity contribution in [2.45, 2.75) is 26.3 Å². The van der Waals surface area contributed by atoms with Crippen molar-refractivity contribution in [3.63, 3.8) is 0 Å². The molecule has 0 bridgehead atoms. The summed E-state index contributed by atoms with van der Waals surface area (Å²) in [5.74, 6) is -3.05.